The zero-order valence-electron chi connectivity index (χ0n) is 15.6. The van der Waals surface area contributed by atoms with E-state index in [4.69, 9.17) is 28.4 Å². The molecule has 140 valence electrons. The molecule has 8 heteroatoms. The Morgan fingerprint density at radius 2 is 1.08 bits per heavy atom. The van der Waals surface area contributed by atoms with E-state index in [0.29, 0.717) is 0 Å². The van der Waals surface area contributed by atoms with Crippen molar-refractivity contribution in [3.63, 3.8) is 0 Å². The molecule has 1 fully saturated rings. The van der Waals surface area contributed by atoms with Gasteiger partial charge < -0.3 is 28.4 Å². The van der Waals surface area contributed by atoms with Crippen LogP contribution in [0.2, 0.25) is 0 Å². The average Bonchev–Trinajstić information content (AvgIpc) is 2.48. The topological polar surface area (TPSA) is 89.5 Å². The quantitative estimate of drug-likeness (QED) is 0.666. The minimum atomic E-state index is -1.43. The molecule has 0 aromatic rings. The maximum absolute atomic E-state index is 12.4. The third-order valence-corrected chi connectivity index (χ3v) is 3.75. The van der Waals surface area contributed by atoms with Gasteiger partial charge in [-0.05, 0) is 41.5 Å². The Morgan fingerprint density at radius 1 is 0.792 bits per heavy atom. The summed E-state index contributed by atoms with van der Waals surface area (Å²) >= 11 is 0. The van der Waals surface area contributed by atoms with Crippen LogP contribution in [-0.4, -0.2) is 62.1 Å². The molecule has 0 radical (unpaired) electrons. The van der Waals surface area contributed by atoms with Crippen LogP contribution in [0.1, 0.15) is 41.5 Å². The zero-order chi connectivity index (χ0) is 18.7. The minimum absolute atomic E-state index is 0.382. The monoisotopic (exact) mass is 348 g/mol. The highest BCUT2D eigenvalue weighted by Gasteiger charge is 2.60. The van der Waals surface area contributed by atoms with Gasteiger partial charge in [-0.1, -0.05) is 0 Å². The largest absolute Gasteiger partial charge is 0.461 e. The minimum Gasteiger partial charge on any atom is -0.461 e. The third-order valence-electron chi connectivity index (χ3n) is 3.75. The maximum Gasteiger partial charge on any atom is 0.339 e. The summed E-state index contributed by atoms with van der Waals surface area (Å²) in [5.41, 5.74) is 0. The average molecular weight is 348 g/mol. The van der Waals surface area contributed by atoms with Crippen molar-refractivity contribution < 1.29 is 38.0 Å². The lowest BCUT2D eigenvalue weighted by atomic mass is 10.0. The van der Waals surface area contributed by atoms with E-state index in [2.05, 4.69) is 0 Å². The Morgan fingerprint density at radius 3 is 1.29 bits per heavy atom. The molecule has 0 aromatic carbocycles. The summed E-state index contributed by atoms with van der Waals surface area (Å²) in [5.74, 6) is -4.34. The Balaban J connectivity index is 3.19. The fourth-order valence-electron chi connectivity index (χ4n) is 2.23. The van der Waals surface area contributed by atoms with E-state index in [1.54, 1.807) is 41.5 Å². The van der Waals surface area contributed by atoms with Crippen LogP contribution in [0.5, 0.6) is 0 Å². The standard InChI is InChI=1S/C16H28O8/c1-9(2)21-13(17)11-12(14(18)22-10(3)4)24-16(6,20-8)15(5,19-7)23-11/h9-12H,1-8H3/t11-,12-,15-,16-/m1/s1. The molecular formula is C16H28O8. The van der Waals surface area contributed by atoms with Crippen LogP contribution in [0.4, 0.5) is 0 Å². The van der Waals surface area contributed by atoms with E-state index in [1.807, 2.05) is 0 Å². The second-order valence-electron chi connectivity index (χ2n) is 6.35. The van der Waals surface area contributed by atoms with Crippen molar-refractivity contribution in [2.75, 3.05) is 14.2 Å². The van der Waals surface area contributed by atoms with Crippen molar-refractivity contribution in [2.45, 2.75) is 77.5 Å². The van der Waals surface area contributed by atoms with Gasteiger partial charge in [0.05, 0.1) is 12.2 Å². The summed E-state index contributed by atoms with van der Waals surface area (Å²) in [6, 6.07) is 0. The predicted molar refractivity (Wildman–Crippen MR) is 83.0 cm³/mol. The molecule has 1 saturated heterocycles. The van der Waals surface area contributed by atoms with Crippen LogP contribution in [0.25, 0.3) is 0 Å². The summed E-state index contributed by atoms with van der Waals surface area (Å²) in [6.07, 6.45) is -3.45. The molecule has 0 N–H and O–H groups in total. The Bertz CT molecular complexity index is 421. The number of hydrogen-bond donors (Lipinski definition) is 0. The van der Waals surface area contributed by atoms with E-state index in [1.165, 1.54) is 14.2 Å². The first-order valence-corrected chi connectivity index (χ1v) is 7.86. The first kappa shape index (κ1) is 20.8. The highest BCUT2D eigenvalue weighted by Crippen LogP contribution is 2.39. The van der Waals surface area contributed by atoms with E-state index in [-0.39, 0.29) is 12.2 Å². The van der Waals surface area contributed by atoms with Crippen molar-refractivity contribution in [2.24, 2.45) is 0 Å². The number of methoxy groups -OCH3 is 2. The summed E-state index contributed by atoms with van der Waals surface area (Å²) in [7, 11) is 2.77. The normalized spacial score (nSPS) is 33.6. The summed E-state index contributed by atoms with van der Waals surface area (Å²) < 4.78 is 32.5. The highest BCUT2D eigenvalue weighted by molar-refractivity contribution is 5.86. The molecule has 0 unspecified atom stereocenters. The molecule has 0 amide bonds. The van der Waals surface area contributed by atoms with Crippen molar-refractivity contribution in [3.05, 3.63) is 0 Å². The molecule has 1 heterocycles. The lowest BCUT2D eigenvalue weighted by molar-refractivity contribution is -0.439. The first-order chi connectivity index (χ1) is 11.0. The van der Waals surface area contributed by atoms with Crippen molar-refractivity contribution >= 4 is 11.9 Å². The lowest BCUT2D eigenvalue weighted by Gasteiger charge is -2.50. The van der Waals surface area contributed by atoms with E-state index < -0.39 is 35.7 Å². The van der Waals surface area contributed by atoms with Crippen LogP contribution >= 0.6 is 0 Å². The molecule has 1 rings (SSSR count). The maximum atomic E-state index is 12.4. The van der Waals surface area contributed by atoms with E-state index >= 15 is 0 Å². The van der Waals surface area contributed by atoms with Crippen LogP contribution < -0.4 is 0 Å². The molecule has 0 aliphatic carbocycles. The van der Waals surface area contributed by atoms with Crippen LogP contribution in [-0.2, 0) is 38.0 Å². The van der Waals surface area contributed by atoms with Gasteiger partial charge in [-0.3, -0.25) is 0 Å². The molecule has 1 aliphatic rings. The molecule has 0 aromatic heterocycles. The Labute approximate surface area is 142 Å². The summed E-state index contributed by atoms with van der Waals surface area (Å²) in [5, 5.41) is 0. The Kier molecular flexibility index (Phi) is 6.75. The number of carbonyl (C=O) groups is 2. The smallest absolute Gasteiger partial charge is 0.339 e. The van der Waals surface area contributed by atoms with Crippen molar-refractivity contribution in [1.29, 1.82) is 0 Å². The third kappa shape index (κ3) is 4.24. The van der Waals surface area contributed by atoms with Gasteiger partial charge in [0.15, 0.2) is 12.2 Å². The van der Waals surface area contributed by atoms with Crippen LogP contribution in [0.3, 0.4) is 0 Å². The lowest BCUT2D eigenvalue weighted by Crippen LogP contribution is -2.68. The highest BCUT2D eigenvalue weighted by atomic mass is 16.8. The summed E-state index contributed by atoms with van der Waals surface area (Å²) in [6.45, 7) is 9.87. The van der Waals surface area contributed by atoms with Crippen molar-refractivity contribution in [3.8, 4) is 0 Å². The van der Waals surface area contributed by atoms with Gasteiger partial charge >= 0.3 is 11.9 Å². The fourth-order valence-corrected chi connectivity index (χ4v) is 2.23. The number of rotatable bonds is 6. The van der Waals surface area contributed by atoms with Gasteiger partial charge in [0, 0.05) is 14.2 Å². The molecule has 4 atom stereocenters. The molecule has 0 bridgehead atoms. The van der Waals surface area contributed by atoms with E-state index in [9.17, 15) is 9.59 Å². The first-order valence-electron chi connectivity index (χ1n) is 7.86. The number of esters is 2. The number of hydrogen-bond acceptors (Lipinski definition) is 8. The number of ether oxygens (including phenoxy) is 6. The van der Waals surface area contributed by atoms with Gasteiger partial charge in [-0.15, -0.1) is 0 Å². The van der Waals surface area contributed by atoms with Gasteiger partial charge in [0.2, 0.25) is 11.6 Å². The SMILES string of the molecule is CO[C@]1(C)O[C@@H](C(=O)OC(C)C)[C@H](C(=O)OC(C)C)O[C@@]1(C)OC. The number of carbonyl (C=O) groups excluding carboxylic acids is 2. The molecular weight excluding hydrogens is 320 g/mol. The second kappa shape index (κ2) is 7.77. The van der Waals surface area contributed by atoms with E-state index in [0.717, 1.165) is 0 Å². The fraction of sp³-hybridized carbons (Fsp3) is 0.875. The van der Waals surface area contributed by atoms with Crippen LogP contribution in [0.15, 0.2) is 0 Å². The Hall–Kier alpha value is -1.22. The molecule has 0 saturated carbocycles. The molecule has 8 nitrogen and oxygen atoms in total. The van der Waals surface area contributed by atoms with Gasteiger partial charge in [0.25, 0.3) is 0 Å². The molecule has 1 aliphatic heterocycles. The zero-order valence-corrected chi connectivity index (χ0v) is 15.6. The van der Waals surface area contributed by atoms with Crippen LogP contribution in [0, 0.1) is 0 Å². The second-order valence-corrected chi connectivity index (χ2v) is 6.35. The molecule has 0 spiro atoms. The summed E-state index contributed by atoms with van der Waals surface area (Å²) in [4.78, 5) is 24.8. The van der Waals surface area contributed by atoms with Gasteiger partial charge in [0.1, 0.15) is 0 Å². The predicted octanol–water partition coefficient (Wildman–Crippen LogP) is 1.40. The van der Waals surface area contributed by atoms with Gasteiger partial charge in [-0.2, -0.15) is 0 Å². The van der Waals surface area contributed by atoms with Gasteiger partial charge in [-0.25, -0.2) is 9.59 Å². The van der Waals surface area contributed by atoms with Crippen molar-refractivity contribution in [1.82, 2.24) is 0 Å². The molecule has 24 heavy (non-hydrogen) atoms.